The highest BCUT2D eigenvalue weighted by Crippen LogP contribution is 2.42. The van der Waals surface area contributed by atoms with Gasteiger partial charge in [-0.15, -0.1) is 0 Å². The number of para-hydroxylation sites is 3. The molecular weight excluding hydrogens is 471 g/mol. The maximum absolute atomic E-state index is 14.8. The van der Waals surface area contributed by atoms with Crippen LogP contribution in [0.15, 0.2) is 140 Å². The molecule has 0 spiro atoms. The van der Waals surface area contributed by atoms with Gasteiger partial charge >= 0.3 is 0 Å². The highest BCUT2D eigenvalue weighted by molar-refractivity contribution is 7.85. The van der Waals surface area contributed by atoms with Crippen LogP contribution in [0.25, 0.3) is 38.7 Å². The van der Waals surface area contributed by atoms with E-state index in [4.69, 9.17) is 4.98 Å². The monoisotopic (exact) mass is 494 g/mol. The van der Waals surface area contributed by atoms with E-state index < -0.39 is 7.14 Å². The van der Waals surface area contributed by atoms with Gasteiger partial charge in [0.15, 0.2) is 7.14 Å². The maximum Gasteiger partial charge on any atom is 0.171 e. The molecule has 3 nitrogen and oxygen atoms in total. The predicted octanol–water partition coefficient (Wildman–Crippen LogP) is 6.95. The SMILES string of the molecule is O=P(c1ccccc1)(c1ccccc1)c1ccc(-c2nc3ccccc3n3c2cc2ccccc23)cc1. The van der Waals surface area contributed by atoms with Crippen LogP contribution >= 0.6 is 7.14 Å². The largest absolute Gasteiger partial charge is 0.309 e. The van der Waals surface area contributed by atoms with Crippen molar-refractivity contribution in [3.63, 3.8) is 0 Å². The second-order valence-corrected chi connectivity index (χ2v) is 12.0. The highest BCUT2D eigenvalue weighted by atomic mass is 31.2. The molecule has 0 aliphatic carbocycles. The molecule has 4 heteroatoms. The molecule has 0 bridgehead atoms. The van der Waals surface area contributed by atoms with Crippen molar-refractivity contribution in [2.24, 2.45) is 0 Å². The molecule has 5 aromatic carbocycles. The van der Waals surface area contributed by atoms with Gasteiger partial charge in [-0.05, 0) is 24.3 Å². The van der Waals surface area contributed by atoms with Gasteiger partial charge in [-0.25, -0.2) is 4.98 Å². The first-order valence-corrected chi connectivity index (χ1v) is 14.1. The molecule has 0 amide bonds. The third-order valence-corrected chi connectivity index (χ3v) is 10.1. The predicted molar refractivity (Wildman–Crippen MR) is 155 cm³/mol. The molecule has 0 saturated heterocycles. The fraction of sp³-hybridized carbons (Fsp3) is 0. The van der Waals surface area contributed by atoms with Crippen LogP contribution in [0.4, 0.5) is 0 Å². The second kappa shape index (κ2) is 8.58. The Morgan fingerprint density at radius 2 is 1.05 bits per heavy atom. The van der Waals surface area contributed by atoms with Crippen LogP contribution < -0.4 is 15.9 Å². The van der Waals surface area contributed by atoms with Crippen LogP contribution in [0.2, 0.25) is 0 Å². The van der Waals surface area contributed by atoms with Crippen LogP contribution in [0.5, 0.6) is 0 Å². The van der Waals surface area contributed by atoms with Crippen molar-refractivity contribution in [3.05, 3.63) is 140 Å². The summed E-state index contributed by atoms with van der Waals surface area (Å²) >= 11 is 0. The van der Waals surface area contributed by atoms with E-state index in [2.05, 4.69) is 65.1 Å². The van der Waals surface area contributed by atoms with E-state index in [-0.39, 0.29) is 0 Å². The molecule has 0 unspecified atom stereocenters. The first kappa shape index (κ1) is 21.8. The summed E-state index contributed by atoms with van der Waals surface area (Å²) in [5.74, 6) is 0. The van der Waals surface area contributed by atoms with Gasteiger partial charge in [-0.1, -0.05) is 115 Å². The Balaban J connectivity index is 1.44. The summed E-state index contributed by atoms with van der Waals surface area (Å²) in [7, 11) is -3.02. The molecule has 0 radical (unpaired) electrons. The number of nitrogens with zero attached hydrogens (tertiary/aromatic N) is 2. The molecule has 0 saturated carbocycles. The zero-order valence-electron chi connectivity index (χ0n) is 20.0. The molecule has 0 aliphatic heterocycles. The number of hydrogen-bond donors (Lipinski definition) is 0. The zero-order valence-corrected chi connectivity index (χ0v) is 20.9. The summed E-state index contributed by atoms with van der Waals surface area (Å²) in [5, 5.41) is 3.65. The minimum absolute atomic E-state index is 0.811. The van der Waals surface area contributed by atoms with Crippen molar-refractivity contribution in [3.8, 4) is 11.3 Å². The maximum atomic E-state index is 14.8. The lowest BCUT2D eigenvalue weighted by Crippen LogP contribution is -2.24. The lowest BCUT2D eigenvalue weighted by atomic mass is 10.1. The van der Waals surface area contributed by atoms with E-state index in [0.717, 1.165) is 49.2 Å². The average molecular weight is 495 g/mol. The molecule has 0 atom stereocenters. The van der Waals surface area contributed by atoms with Gasteiger partial charge in [0.25, 0.3) is 0 Å². The minimum atomic E-state index is -3.02. The van der Waals surface area contributed by atoms with Crippen molar-refractivity contribution in [1.29, 1.82) is 0 Å². The average Bonchev–Trinajstić information content (AvgIpc) is 3.37. The Morgan fingerprint density at radius 1 is 0.514 bits per heavy atom. The van der Waals surface area contributed by atoms with Gasteiger partial charge < -0.3 is 8.97 Å². The molecular formula is C33H23N2OP. The summed E-state index contributed by atoms with van der Waals surface area (Å²) in [5.41, 5.74) is 6.14. The van der Waals surface area contributed by atoms with Gasteiger partial charge in [0.05, 0.1) is 27.8 Å². The van der Waals surface area contributed by atoms with E-state index in [1.54, 1.807) is 0 Å². The Bertz CT molecular complexity index is 1900. The normalized spacial score (nSPS) is 11.9. The van der Waals surface area contributed by atoms with Crippen molar-refractivity contribution in [2.45, 2.75) is 0 Å². The Hall–Kier alpha value is -4.46. The molecule has 0 fully saturated rings. The molecule has 0 N–H and O–H groups in total. The molecule has 176 valence electrons. The third kappa shape index (κ3) is 3.43. The zero-order chi connectivity index (χ0) is 24.8. The number of rotatable bonds is 4. The van der Waals surface area contributed by atoms with Crippen molar-refractivity contribution >= 4 is 50.5 Å². The van der Waals surface area contributed by atoms with E-state index >= 15 is 0 Å². The van der Waals surface area contributed by atoms with E-state index in [1.165, 1.54) is 5.39 Å². The highest BCUT2D eigenvalue weighted by Gasteiger charge is 2.29. The fourth-order valence-electron chi connectivity index (χ4n) is 5.28. The smallest absolute Gasteiger partial charge is 0.171 e. The molecule has 2 aromatic heterocycles. The van der Waals surface area contributed by atoms with Crippen LogP contribution in [0.1, 0.15) is 0 Å². The quantitative estimate of drug-likeness (QED) is 0.248. The fourth-order valence-corrected chi connectivity index (χ4v) is 7.93. The van der Waals surface area contributed by atoms with Crippen LogP contribution in [0.3, 0.4) is 0 Å². The molecule has 37 heavy (non-hydrogen) atoms. The van der Waals surface area contributed by atoms with Gasteiger partial charge in [0, 0.05) is 26.9 Å². The van der Waals surface area contributed by atoms with Gasteiger partial charge in [0.1, 0.15) is 0 Å². The van der Waals surface area contributed by atoms with E-state index in [1.807, 2.05) is 78.9 Å². The summed E-state index contributed by atoms with van der Waals surface area (Å²) < 4.78 is 17.0. The molecule has 0 aliphatic rings. The lowest BCUT2D eigenvalue weighted by Gasteiger charge is -2.20. The topological polar surface area (TPSA) is 34.4 Å². The summed E-state index contributed by atoms with van der Waals surface area (Å²) in [4.78, 5) is 5.09. The summed E-state index contributed by atoms with van der Waals surface area (Å²) in [6.45, 7) is 0. The first-order chi connectivity index (χ1) is 18.2. The summed E-state index contributed by atoms with van der Waals surface area (Å²) in [6.07, 6.45) is 0. The lowest BCUT2D eigenvalue weighted by molar-refractivity contribution is 0.592. The van der Waals surface area contributed by atoms with Crippen LogP contribution in [-0.2, 0) is 4.57 Å². The minimum Gasteiger partial charge on any atom is -0.309 e. The van der Waals surface area contributed by atoms with Crippen molar-refractivity contribution in [1.82, 2.24) is 9.38 Å². The van der Waals surface area contributed by atoms with Gasteiger partial charge in [-0.3, -0.25) is 0 Å². The standard InChI is InChI=1S/C33H23N2OP/c36-37(26-12-3-1-4-13-26,27-14-5-2-6-15-27)28-21-19-24(20-22-28)33-32-23-25-11-7-9-17-30(25)35(32)31-18-10-8-16-29(31)34-33/h1-23H. The van der Waals surface area contributed by atoms with Gasteiger partial charge in [-0.2, -0.15) is 0 Å². The van der Waals surface area contributed by atoms with Crippen LogP contribution in [0, 0.1) is 0 Å². The van der Waals surface area contributed by atoms with Crippen molar-refractivity contribution < 1.29 is 4.57 Å². The number of fused-ring (bicyclic) bond motifs is 5. The van der Waals surface area contributed by atoms with Crippen molar-refractivity contribution in [2.75, 3.05) is 0 Å². The number of benzene rings is 5. The molecule has 7 aromatic rings. The first-order valence-electron chi connectivity index (χ1n) is 12.3. The van der Waals surface area contributed by atoms with E-state index in [9.17, 15) is 4.57 Å². The Morgan fingerprint density at radius 3 is 1.73 bits per heavy atom. The number of aromatic nitrogens is 2. The van der Waals surface area contributed by atoms with E-state index in [0.29, 0.717) is 0 Å². The summed E-state index contributed by atoms with van der Waals surface area (Å²) in [6, 6.07) is 46.6. The molecule has 7 rings (SSSR count). The Labute approximate surface area is 215 Å². The molecule has 2 heterocycles. The number of hydrogen-bond acceptors (Lipinski definition) is 2. The second-order valence-electron chi connectivity index (χ2n) is 9.20. The van der Waals surface area contributed by atoms with Crippen LogP contribution in [-0.4, -0.2) is 9.38 Å². The third-order valence-electron chi connectivity index (χ3n) is 7.05. The van der Waals surface area contributed by atoms with Gasteiger partial charge in [0.2, 0.25) is 0 Å². The Kier molecular flexibility index (Phi) is 5.06.